The number of ether oxygens (including phenoxy) is 1. The Labute approximate surface area is 125 Å². The Kier molecular flexibility index (Phi) is 4.70. The number of piperidine rings is 1. The summed E-state index contributed by atoms with van der Waals surface area (Å²) in [6, 6.07) is 2.05. The van der Waals surface area contributed by atoms with Crippen LogP contribution in [0.4, 0.5) is 0 Å². The summed E-state index contributed by atoms with van der Waals surface area (Å²) < 4.78 is 10.4. The molecule has 2 rings (SSSR count). The van der Waals surface area contributed by atoms with Gasteiger partial charge in [0.2, 0.25) is 0 Å². The van der Waals surface area contributed by atoms with Crippen LogP contribution in [0.5, 0.6) is 0 Å². The molecule has 1 aromatic heterocycles. The number of likely N-dealkylation sites (tertiary alicyclic amines) is 1. The average molecular weight is 293 g/mol. The standard InChI is InChI=1S/C16H23NO4/c1-10-6-5-7-11(2)17(10)15(18)9-20-16(19)14-8-12(3)21-13(14)4/h8,10-11H,5-7,9H2,1-4H3/t10-,11+. The molecule has 0 aromatic carbocycles. The van der Waals surface area contributed by atoms with Crippen LogP contribution in [0.2, 0.25) is 0 Å². The highest BCUT2D eigenvalue weighted by Crippen LogP contribution is 2.22. The van der Waals surface area contributed by atoms with Crippen molar-refractivity contribution in [2.45, 2.75) is 59.0 Å². The topological polar surface area (TPSA) is 59.8 Å². The van der Waals surface area contributed by atoms with Gasteiger partial charge in [-0.1, -0.05) is 0 Å². The zero-order valence-electron chi connectivity index (χ0n) is 13.1. The van der Waals surface area contributed by atoms with Gasteiger partial charge >= 0.3 is 5.97 Å². The van der Waals surface area contributed by atoms with E-state index in [1.165, 1.54) is 0 Å². The molecule has 0 bridgehead atoms. The summed E-state index contributed by atoms with van der Waals surface area (Å²) in [5.41, 5.74) is 0.389. The zero-order chi connectivity index (χ0) is 15.6. The van der Waals surface area contributed by atoms with E-state index in [0.29, 0.717) is 17.1 Å². The summed E-state index contributed by atoms with van der Waals surface area (Å²) in [7, 11) is 0. The Balaban J connectivity index is 1.94. The quantitative estimate of drug-likeness (QED) is 0.804. The van der Waals surface area contributed by atoms with Crippen molar-refractivity contribution in [1.82, 2.24) is 4.90 Å². The van der Waals surface area contributed by atoms with Gasteiger partial charge in [0.05, 0.1) is 0 Å². The van der Waals surface area contributed by atoms with E-state index in [2.05, 4.69) is 0 Å². The predicted octanol–water partition coefficient (Wildman–Crippen LogP) is 2.84. The van der Waals surface area contributed by atoms with E-state index in [1.54, 1.807) is 19.9 Å². The molecule has 0 N–H and O–H groups in total. The summed E-state index contributed by atoms with van der Waals surface area (Å²) in [6.45, 7) is 7.35. The SMILES string of the molecule is Cc1cc(C(=O)OCC(=O)N2[C@H](C)CCC[C@@H]2C)c(C)o1. The molecule has 0 radical (unpaired) electrons. The van der Waals surface area contributed by atoms with Gasteiger partial charge in [0.25, 0.3) is 5.91 Å². The number of hydrogen-bond acceptors (Lipinski definition) is 4. The Morgan fingerprint density at radius 2 is 1.90 bits per heavy atom. The van der Waals surface area contributed by atoms with Gasteiger partial charge in [0.1, 0.15) is 17.1 Å². The van der Waals surface area contributed by atoms with Crippen molar-refractivity contribution in [3.63, 3.8) is 0 Å². The lowest BCUT2D eigenvalue weighted by Crippen LogP contribution is -2.49. The van der Waals surface area contributed by atoms with Gasteiger partial charge in [-0.3, -0.25) is 4.79 Å². The van der Waals surface area contributed by atoms with E-state index in [4.69, 9.17) is 9.15 Å². The number of amides is 1. The Bertz CT molecular complexity index is 524. The monoisotopic (exact) mass is 293 g/mol. The van der Waals surface area contributed by atoms with Crippen LogP contribution >= 0.6 is 0 Å². The fourth-order valence-corrected chi connectivity index (χ4v) is 3.03. The van der Waals surface area contributed by atoms with Crippen LogP contribution in [0.3, 0.4) is 0 Å². The maximum absolute atomic E-state index is 12.3. The van der Waals surface area contributed by atoms with Gasteiger partial charge in [0.15, 0.2) is 6.61 Å². The van der Waals surface area contributed by atoms with Crippen LogP contribution in [0.1, 0.15) is 55.0 Å². The molecule has 21 heavy (non-hydrogen) atoms. The average Bonchev–Trinajstić information content (AvgIpc) is 2.75. The first kappa shape index (κ1) is 15.6. The molecular formula is C16H23NO4. The number of furan rings is 1. The van der Waals surface area contributed by atoms with Gasteiger partial charge in [-0.15, -0.1) is 0 Å². The highest BCUT2D eigenvalue weighted by atomic mass is 16.5. The summed E-state index contributed by atoms with van der Waals surface area (Å²) >= 11 is 0. The van der Waals surface area contributed by atoms with E-state index in [-0.39, 0.29) is 24.6 Å². The van der Waals surface area contributed by atoms with E-state index in [0.717, 1.165) is 19.3 Å². The van der Waals surface area contributed by atoms with Gasteiger partial charge in [0, 0.05) is 12.1 Å². The largest absolute Gasteiger partial charge is 0.466 e. The molecule has 0 spiro atoms. The smallest absolute Gasteiger partial charge is 0.342 e. The molecule has 116 valence electrons. The van der Waals surface area contributed by atoms with E-state index < -0.39 is 5.97 Å². The van der Waals surface area contributed by atoms with E-state index in [9.17, 15) is 9.59 Å². The molecule has 2 atom stereocenters. The van der Waals surface area contributed by atoms with Crippen LogP contribution in [0.25, 0.3) is 0 Å². The van der Waals surface area contributed by atoms with Crippen molar-refractivity contribution in [2.24, 2.45) is 0 Å². The number of hydrogen-bond donors (Lipinski definition) is 0. The normalized spacial score (nSPS) is 22.2. The minimum absolute atomic E-state index is 0.124. The molecule has 5 heteroatoms. The molecular weight excluding hydrogens is 270 g/mol. The third kappa shape index (κ3) is 3.46. The van der Waals surface area contributed by atoms with Crippen molar-refractivity contribution in [2.75, 3.05) is 6.61 Å². The molecule has 1 aliphatic rings. The van der Waals surface area contributed by atoms with Gasteiger partial charge in [-0.05, 0) is 53.0 Å². The molecule has 1 aliphatic heterocycles. The molecule has 0 aliphatic carbocycles. The van der Waals surface area contributed by atoms with Gasteiger partial charge in [-0.2, -0.15) is 0 Å². The molecule has 5 nitrogen and oxygen atoms in total. The number of carbonyl (C=O) groups is 2. The van der Waals surface area contributed by atoms with Crippen LogP contribution in [-0.4, -0.2) is 35.5 Å². The highest BCUT2D eigenvalue weighted by Gasteiger charge is 2.29. The van der Waals surface area contributed by atoms with Gasteiger partial charge < -0.3 is 14.1 Å². The maximum Gasteiger partial charge on any atom is 0.342 e. The lowest BCUT2D eigenvalue weighted by molar-refractivity contribution is -0.140. The molecule has 1 fully saturated rings. The Morgan fingerprint density at radius 3 is 2.43 bits per heavy atom. The minimum atomic E-state index is -0.505. The first-order chi connectivity index (χ1) is 9.90. The van der Waals surface area contributed by atoms with Crippen LogP contribution in [0, 0.1) is 13.8 Å². The van der Waals surface area contributed by atoms with Crippen molar-refractivity contribution in [1.29, 1.82) is 0 Å². The minimum Gasteiger partial charge on any atom is -0.466 e. The van der Waals surface area contributed by atoms with Crippen molar-refractivity contribution in [3.8, 4) is 0 Å². The molecule has 1 saturated heterocycles. The van der Waals surface area contributed by atoms with E-state index in [1.807, 2.05) is 18.7 Å². The van der Waals surface area contributed by atoms with Crippen LogP contribution in [-0.2, 0) is 9.53 Å². The number of carbonyl (C=O) groups excluding carboxylic acids is 2. The Morgan fingerprint density at radius 1 is 1.29 bits per heavy atom. The Hall–Kier alpha value is -1.78. The van der Waals surface area contributed by atoms with Crippen molar-refractivity contribution in [3.05, 3.63) is 23.2 Å². The fraction of sp³-hybridized carbons (Fsp3) is 0.625. The maximum atomic E-state index is 12.3. The predicted molar refractivity (Wildman–Crippen MR) is 78.1 cm³/mol. The van der Waals surface area contributed by atoms with Gasteiger partial charge in [-0.25, -0.2) is 4.79 Å². The molecule has 2 heterocycles. The van der Waals surface area contributed by atoms with Crippen LogP contribution < -0.4 is 0 Å². The number of rotatable bonds is 3. The zero-order valence-corrected chi connectivity index (χ0v) is 13.1. The summed E-state index contributed by atoms with van der Waals surface area (Å²) in [5.74, 6) is 0.546. The molecule has 0 unspecified atom stereocenters. The van der Waals surface area contributed by atoms with E-state index >= 15 is 0 Å². The van der Waals surface area contributed by atoms with Crippen molar-refractivity contribution >= 4 is 11.9 Å². The molecule has 0 saturated carbocycles. The first-order valence-electron chi connectivity index (χ1n) is 7.45. The summed E-state index contributed by atoms with van der Waals surface area (Å²) in [5, 5.41) is 0. The highest BCUT2D eigenvalue weighted by molar-refractivity contribution is 5.92. The summed E-state index contributed by atoms with van der Waals surface area (Å²) in [4.78, 5) is 26.1. The molecule has 1 aromatic rings. The first-order valence-corrected chi connectivity index (χ1v) is 7.45. The van der Waals surface area contributed by atoms with Crippen molar-refractivity contribution < 1.29 is 18.7 Å². The fourth-order valence-electron chi connectivity index (χ4n) is 3.03. The van der Waals surface area contributed by atoms with Crippen LogP contribution in [0.15, 0.2) is 10.5 Å². The second-order valence-electron chi connectivity index (χ2n) is 5.83. The molecule has 1 amide bonds. The summed E-state index contributed by atoms with van der Waals surface area (Å²) in [6.07, 6.45) is 3.15. The lowest BCUT2D eigenvalue weighted by Gasteiger charge is -2.38. The number of aryl methyl sites for hydroxylation is 2. The second-order valence-corrected chi connectivity index (χ2v) is 5.83. The second kappa shape index (κ2) is 6.33. The number of esters is 1. The number of nitrogens with zero attached hydrogens (tertiary/aromatic N) is 1. The lowest BCUT2D eigenvalue weighted by atomic mass is 9.97. The third-order valence-corrected chi connectivity index (χ3v) is 4.07. The third-order valence-electron chi connectivity index (χ3n) is 4.07.